The minimum atomic E-state index is 0.0463. The third-order valence-electron chi connectivity index (χ3n) is 4.16. The largest absolute Gasteiger partial charge is 0.383 e. The smallest absolute Gasteiger partial charge is 0.136 e. The summed E-state index contributed by atoms with van der Waals surface area (Å²) in [7, 11) is 0. The molecule has 0 aromatic carbocycles. The van der Waals surface area contributed by atoms with E-state index in [1.807, 2.05) is 6.92 Å². The van der Waals surface area contributed by atoms with Crippen LogP contribution in [0.1, 0.15) is 49.9 Å². The van der Waals surface area contributed by atoms with Gasteiger partial charge in [0.2, 0.25) is 0 Å². The van der Waals surface area contributed by atoms with Gasteiger partial charge in [-0.05, 0) is 39.5 Å². The molecule has 1 aromatic heterocycles. The first-order valence-corrected chi connectivity index (χ1v) is 7.07. The summed E-state index contributed by atoms with van der Waals surface area (Å²) in [5, 5.41) is 3.58. The minimum Gasteiger partial charge on any atom is -0.383 e. The van der Waals surface area contributed by atoms with Crippen LogP contribution in [0, 0.1) is 6.92 Å². The molecule has 0 bridgehead atoms. The maximum Gasteiger partial charge on any atom is 0.136 e. The maximum absolute atomic E-state index is 6.02. The van der Waals surface area contributed by atoms with Gasteiger partial charge in [0.15, 0.2) is 0 Å². The Morgan fingerprint density at radius 1 is 1.26 bits per heavy atom. The average molecular weight is 262 g/mol. The Labute approximate surface area is 114 Å². The van der Waals surface area contributed by atoms with Crippen LogP contribution < -0.4 is 11.1 Å². The third-order valence-corrected chi connectivity index (χ3v) is 4.16. The van der Waals surface area contributed by atoms with Crippen molar-refractivity contribution in [1.29, 1.82) is 0 Å². The summed E-state index contributed by atoms with van der Waals surface area (Å²) in [6, 6.07) is 0. The zero-order valence-corrected chi connectivity index (χ0v) is 11.7. The summed E-state index contributed by atoms with van der Waals surface area (Å²) in [6.07, 6.45) is 4.37. The summed E-state index contributed by atoms with van der Waals surface area (Å²) >= 11 is 0. The molecule has 0 spiro atoms. The highest BCUT2D eigenvalue weighted by molar-refractivity contribution is 5.56. The molecule has 1 aliphatic heterocycles. The van der Waals surface area contributed by atoms with Crippen LogP contribution in [-0.2, 0) is 4.74 Å². The van der Waals surface area contributed by atoms with Gasteiger partial charge in [-0.2, -0.15) is 0 Å². The summed E-state index contributed by atoms with van der Waals surface area (Å²) in [4.78, 5) is 9.10. The number of nitrogens with zero attached hydrogens (tertiary/aromatic N) is 2. The topological polar surface area (TPSA) is 73.1 Å². The van der Waals surface area contributed by atoms with E-state index in [1.54, 1.807) is 0 Å². The van der Waals surface area contributed by atoms with E-state index in [0.29, 0.717) is 11.7 Å². The van der Waals surface area contributed by atoms with Crippen LogP contribution >= 0.6 is 0 Å². The molecular formula is C14H22N4O. The number of nitrogens with two attached hydrogens (primary N) is 1. The van der Waals surface area contributed by atoms with Crippen LogP contribution in [0.2, 0.25) is 0 Å². The molecule has 2 heterocycles. The van der Waals surface area contributed by atoms with Gasteiger partial charge >= 0.3 is 0 Å². The monoisotopic (exact) mass is 262 g/mol. The Morgan fingerprint density at radius 3 is 2.58 bits per heavy atom. The van der Waals surface area contributed by atoms with Crippen LogP contribution in [-0.4, -0.2) is 28.7 Å². The predicted molar refractivity (Wildman–Crippen MR) is 75.2 cm³/mol. The normalized spacial score (nSPS) is 22.2. The molecule has 5 heteroatoms. The van der Waals surface area contributed by atoms with E-state index in [0.717, 1.165) is 43.3 Å². The first kappa shape index (κ1) is 12.7. The summed E-state index contributed by atoms with van der Waals surface area (Å²) in [5.74, 6) is 2.93. The molecule has 2 aliphatic rings. The quantitative estimate of drug-likeness (QED) is 0.874. The molecule has 0 atom stereocenters. The van der Waals surface area contributed by atoms with Gasteiger partial charge in [-0.1, -0.05) is 0 Å². The molecule has 19 heavy (non-hydrogen) atoms. The minimum absolute atomic E-state index is 0.0463. The first-order chi connectivity index (χ1) is 9.07. The molecule has 0 amide bonds. The number of nitrogens with one attached hydrogen (secondary N) is 1. The van der Waals surface area contributed by atoms with Crippen molar-refractivity contribution in [2.75, 3.05) is 24.3 Å². The van der Waals surface area contributed by atoms with Crippen molar-refractivity contribution in [1.82, 2.24) is 9.97 Å². The molecule has 104 valence electrons. The lowest BCUT2D eigenvalue weighted by Crippen LogP contribution is -2.41. The van der Waals surface area contributed by atoms with Gasteiger partial charge in [0.05, 0.1) is 0 Å². The summed E-state index contributed by atoms with van der Waals surface area (Å²) in [6.45, 7) is 5.82. The van der Waals surface area contributed by atoms with Crippen molar-refractivity contribution in [3.05, 3.63) is 11.4 Å². The number of hydrogen-bond donors (Lipinski definition) is 2. The Bertz CT molecular complexity index is 479. The van der Waals surface area contributed by atoms with Gasteiger partial charge in [-0.15, -0.1) is 0 Å². The van der Waals surface area contributed by atoms with Crippen molar-refractivity contribution in [3.63, 3.8) is 0 Å². The van der Waals surface area contributed by atoms with E-state index in [4.69, 9.17) is 15.5 Å². The molecular weight excluding hydrogens is 240 g/mol. The van der Waals surface area contributed by atoms with Crippen LogP contribution in [0.5, 0.6) is 0 Å². The van der Waals surface area contributed by atoms with Crippen molar-refractivity contribution in [3.8, 4) is 0 Å². The Morgan fingerprint density at radius 2 is 1.95 bits per heavy atom. The number of nitrogen functional groups attached to an aromatic ring is 1. The second kappa shape index (κ2) is 4.63. The molecule has 1 saturated heterocycles. The molecule has 1 aromatic rings. The average Bonchev–Trinajstić information content (AvgIpc) is 3.19. The summed E-state index contributed by atoms with van der Waals surface area (Å²) in [5.41, 5.74) is 7.02. The number of rotatable bonds is 3. The van der Waals surface area contributed by atoms with Crippen molar-refractivity contribution in [2.24, 2.45) is 0 Å². The first-order valence-electron chi connectivity index (χ1n) is 7.07. The lowest BCUT2D eigenvalue weighted by Gasteiger charge is -2.35. The van der Waals surface area contributed by atoms with Crippen LogP contribution in [0.3, 0.4) is 0 Å². The SMILES string of the molecule is Cc1c(N)nc(C2CC2)nc1NC1(C)CCOCC1. The molecule has 3 N–H and O–H groups in total. The second-order valence-electron chi connectivity index (χ2n) is 6.01. The van der Waals surface area contributed by atoms with Gasteiger partial charge in [-0.25, -0.2) is 9.97 Å². The Balaban J connectivity index is 1.86. The van der Waals surface area contributed by atoms with E-state index >= 15 is 0 Å². The van der Waals surface area contributed by atoms with E-state index in [-0.39, 0.29) is 5.54 Å². The Kier molecular flexibility index (Phi) is 3.09. The summed E-state index contributed by atoms with van der Waals surface area (Å²) < 4.78 is 5.43. The fourth-order valence-corrected chi connectivity index (χ4v) is 2.43. The second-order valence-corrected chi connectivity index (χ2v) is 6.01. The standard InChI is InChI=1S/C14H22N4O/c1-9-11(15)16-13(10-3-4-10)17-12(9)18-14(2)5-7-19-8-6-14/h10H,3-8H2,1-2H3,(H3,15,16,17,18). The van der Waals surface area contributed by atoms with Crippen LogP contribution in [0.15, 0.2) is 0 Å². The van der Waals surface area contributed by atoms with Gasteiger partial charge in [0.25, 0.3) is 0 Å². The predicted octanol–water partition coefficient (Wildman–Crippen LogP) is 2.23. The highest BCUT2D eigenvalue weighted by atomic mass is 16.5. The Hall–Kier alpha value is -1.36. The third kappa shape index (κ3) is 2.66. The van der Waals surface area contributed by atoms with Gasteiger partial charge < -0.3 is 15.8 Å². The zero-order valence-electron chi connectivity index (χ0n) is 11.7. The molecule has 5 nitrogen and oxygen atoms in total. The molecule has 0 unspecified atom stereocenters. The van der Waals surface area contributed by atoms with Gasteiger partial charge in [0, 0.05) is 30.2 Å². The van der Waals surface area contributed by atoms with Gasteiger partial charge in [-0.3, -0.25) is 0 Å². The molecule has 3 rings (SSSR count). The highest BCUT2D eigenvalue weighted by Crippen LogP contribution is 2.39. The van der Waals surface area contributed by atoms with Crippen molar-refractivity contribution >= 4 is 11.6 Å². The number of anilines is 2. The van der Waals surface area contributed by atoms with Crippen molar-refractivity contribution < 1.29 is 4.74 Å². The zero-order chi connectivity index (χ0) is 13.5. The molecule has 2 fully saturated rings. The van der Waals surface area contributed by atoms with E-state index in [9.17, 15) is 0 Å². The number of aromatic nitrogens is 2. The number of hydrogen-bond acceptors (Lipinski definition) is 5. The van der Waals surface area contributed by atoms with E-state index in [2.05, 4.69) is 17.2 Å². The molecule has 1 aliphatic carbocycles. The van der Waals surface area contributed by atoms with E-state index in [1.165, 1.54) is 12.8 Å². The van der Waals surface area contributed by atoms with Crippen LogP contribution in [0.4, 0.5) is 11.6 Å². The van der Waals surface area contributed by atoms with Gasteiger partial charge in [0.1, 0.15) is 17.5 Å². The maximum atomic E-state index is 6.02. The molecule has 1 saturated carbocycles. The molecule has 0 radical (unpaired) electrons. The fraction of sp³-hybridized carbons (Fsp3) is 0.714. The van der Waals surface area contributed by atoms with E-state index < -0.39 is 0 Å². The highest BCUT2D eigenvalue weighted by Gasteiger charge is 2.31. The lowest BCUT2D eigenvalue weighted by molar-refractivity contribution is 0.0657. The number of ether oxygens (including phenoxy) is 1. The van der Waals surface area contributed by atoms with Crippen molar-refractivity contribution in [2.45, 2.75) is 51.0 Å². The lowest BCUT2D eigenvalue weighted by atomic mass is 9.92. The fourth-order valence-electron chi connectivity index (χ4n) is 2.43. The van der Waals surface area contributed by atoms with Crippen LogP contribution in [0.25, 0.3) is 0 Å².